The average molecular weight is 388 g/mol. The molecule has 24 heavy (non-hydrogen) atoms. The van der Waals surface area contributed by atoms with Crippen molar-refractivity contribution in [3.8, 4) is 0 Å². The van der Waals surface area contributed by atoms with Gasteiger partial charge in [0.2, 0.25) is 0 Å². The van der Waals surface area contributed by atoms with Crippen molar-refractivity contribution in [2.45, 2.75) is 13.3 Å². The van der Waals surface area contributed by atoms with E-state index in [-0.39, 0.29) is 12.5 Å². The average Bonchev–Trinajstić information content (AvgIpc) is 2.60. The lowest BCUT2D eigenvalue weighted by atomic mass is 10.1. The van der Waals surface area contributed by atoms with E-state index in [9.17, 15) is 9.59 Å². The predicted octanol–water partition coefficient (Wildman–Crippen LogP) is 4.21. The lowest BCUT2D eigenvalue weighted by Crippen LogP contribution is -2.20. The van der Waals surface area contributed by atoms with Crippen LogP contribution in [0.2, 0.25) is 0 Å². The SMILES string of the molecule is CCc1ccccc1NC(=O)COC(=O)/C=C/c1ccc(Br)cc1. The Morgan fingerprint density at radius 1 is 1.12 bits per heavy atom. The number of rotatable bonds is 6. The molecule has 1 amide bonds. The molecule has 0 spiro atoms. The molecule has 0 bridgehead atoms. The molecule has 0 atom stereocenters. The van der Waals surface area contributed by atoms with Gasteiger partial charge in [-0.3, -0.25) is 4.79 Å². The highest BCUT2D eigenvalue weighted by Gasteiger charge is 2.07. The van der Waals surface area contributed by atoms with E-state index >= 15 is 0 Å². The summed E-state index contributed by atoms with van der Waals surface area (Å²) in [5, 5.41) is 2.75. The van der Waals surface area contributed by atoms with Crippen LogP contribution in [0.15, 0.2) is 59.1 Å². The first kappa shape index (κ1) is 17.9. The monoisotopic (exact) mass is 387 g/mol. The minimum Gasteiger partial charge on any atom is -0.452 e. The maximum absolute atomic E-state index is 11.9. The predicted molar refractivity (Wildman–Crippen MR) is 98.6 cm³/mol. The molecule has 0 fully saturated rings. The summed E-state index contributed by atoms with van der Waals surface area (Å²) in [6.07, 6.45) is 3.75. The van der Waals surface area contributed by atoms with E-state index in [4.69, 9.17) is 4.74 Å². The minimum absolute atomic E-state index is 0.318. The molecule has 0 aliphatic carbocycles. The third-order valence-electron chi connectivity index (χ3n) is 3.30. The van der Waals surface area contributed by atoms with E-state index in [0.29, 0.717) is 0 Å². The standard InChI is InChI=1S/C19H18BrNO3/c1-2-15-5-3-4-6-17(15)21-18(22)13-24-19(23)12-9-14-7-10-16(20)11-8-14/h3-12H,2,13H2,1H3,(H,21,22)/b12-9+. The first-order valence-corrected chi connectivity index (χ1v) is 8.36. The number of carbonyl (C=O) groups excluding carboxylic acids is 2. The van der Waals surface area contributed by atoms with E-state index in [0.717, 1.165) is 27.7 Å². The summed E-state index contributed by atoms with van der Waals surface area (Å²) in [7, 11) is 0. The third kappa shape index (κ3) is 5.66. The van der Waals surface area contributed by atoms with Crippen molar-refractivity contribution in [1.82, 2.24) is 0 Å². The molecule has 4 nitrogen and oxygen atoms in total. The Kier molecular flexibility index (Phi) is 6.75. The Labute approximate surface area is 149 Å². The largest absolute Gasteiger partial charge is 0.452 e. The van der Waals surface area contributed by atoms with Crippen LogP contribution in [0.5, 0.6) is 0 Å². The fraction of sp³-hybridized carbons (Fsp3) is 0.158. The van der Waals surface area contributed by atoms with Crippen molar-refractivity contribution in [1.29, 1.82) is 0 Å². The van der Waals surface area contributed by atoms with Gasteiger partial charge in [0.15, 0.2) is 6.61 Å². The summed E-state index contributed by atoms with van der Waals surface area (Å²) in [5.41, 5.74) is 2.65. The zero-order chi connectivity index (χ0) is 17.4. The fourth-order valence-corrected chi connectivity index (χ4v) is 2.32. The Morgan fingerprint density at radius 2 is 1.83 bits per heavy atom. The number of ether oxygens (including phenoxy) is 1. The Hall–Kier alpha value is -2.40. The minimum atomic E-state index is -0.558. The summed E-state index contributed by atoms with van der Waals surface area (Å²) in [6, 6.07) is 15.0. The highest BCUT2D eigenvalue weighted by atomic mass is 79.9. The summed E-state index contributed by atoms with van der Waals surface area (Å²) < 4.78 is 5.91. The molecule has 0 aromatic heterocycles. The van der Waals surface area contributed by atoms with Crippen LogP contribution in [0.25, 0.3) is 6.08 Å². The Balaban J connectivity index is 1.82. The van der Waals surface area contributed by atoms with Crippen molar-refractivity contribution in [3.63, 3.8) is 0 Å². The first-order chi connectivity index (χ1) is 11.6. The van der Waals surface area contributed by atoms with E-state index in [1.807, 2.05) is 55.5 Å². The molecule has 0 aliphatic rings. The van der Waals surface area contributed by atoms with Crippen LogP contribution >= 0.6 is 15.9 Å². The smallest absolute Gasteiger partial charge is 0.331 e. The van der Waals surface area contributed by atoms with Gasteiger partial charge < -0.3 is 10.1 Å². The van der Waals surface area contributed by atoms with Crippen molar-refractivity contribution in [2.24, 2.45) is 0 Å². The molecule has 0 saturated carbocycles. The number of aryl methyl sites for hydroxylation is 1. The molecule has 0 aliphatic heterocycles. The molecule has 0 saturated heterocycles. The van der Waals surface area contributed by atoms with Gasteiger partial charge in [0, 0.05) is 16.2 Å². The van der Waals surface area contributed by atoms with Gasteiger partial charge in [0.1, 0.15) is 0 Å². The number of hydrogen-bond acceptors (Lipinski definition) is 3. The van der Waals surface area contributed by atoms with Crippen LogP contribution in [0, 0.1) is 0 Å². The third-order valence-corrected chi connectivity index (χ3v) is 3.83. The topological polar surface area (TPSA) is 55.4 Å². The van der Waals surface area contributed by atoms with Gasteiger partial charge in [0.05, 0.1) is 0 Å². The lowest BCUT2D eigenvalue weighted by molar-refractivity contribution is -0.142. The highest BCUT2D eigenvalue weighted by molar-refractivity contribution is 9.10. The summed E-state index contributed by atoms with van der Waals surface area (Å²) in [4.78, 5) is 23.5. The van der Waals surface area contributed by atoms with Gasteiger partial charge >= 0.3 is 5.97 Å². The summed E-state index contributed by atoms with van der Waals surface area (Å²) in [6.45, 7) is 1.69. The molecular formula is C19H18BrNO3. The lowest BCUT2D eigenvalue weighted by Gasteiger charge is -2.09. The fourth-order valence-electron chi connectivity index (χ4n) is 2.06. The number of amides is 1. The van der Waals surface area contributed by atoms with Gasteiger partial charge in [-0.05, 0) is 41.8 Å². The number of hydrogen-bond donors (Lipinski definition) is 1. The number of nitrogens with one attached hydrogen (secondary N) is 1. The van der Waals surface area contributed by atoms with Gasteiger partial charge in [-0.1, -0.05) is 53.2 Å². The summed E-state index contributed by atoms with van der Waals surface area (Å²) >= 11 is 3.34. The van der Waals surface area contributed by atoms with Crippen molar-refractivity contribution < 1.29 is 14.3 Å². The first-order valence-electron chi connectivity index (χ1n) is 7.56. The number of halogens is 1. The molecule has 1 N–H and O–H groups in total. The van der Waals surface area contributed by atoms with E-state index < -0.39 is 5.97 Å². The van der Waals surface area contributed by atoms with Crippen molar-refractivity contribution >= 4 is 39.6 Å². The number of esters is 1. The molecule has 0 heterocycles. The van der Waals surface area contributed by atoms with E-state index in [1.165, 1.54) is 6.08 Å². The highest BCUT2D eigenvalue weighted by Crippen LogP contribution is 2.15. The maximum Gasteiger partial charge on any atom is 0.331 e. The number of carbonyl (C=O) groups is 2. The second-order valence-electron chi connectivity index (χ2n) is 5.05. The summed E-state index contributed by atoms with van der Waals surface area (Å²) in [5.74, 6) is -0.918. The van der Waals surface area contributed by atoms with Gasteiger partial charge in [-0.25, -0.2) is 4.79 Å². The van der Waals surface area contributed by atoms with E-state index in [2.05, 4.69) is 21.2 Å². The molecule has 2 aromatic carbocycles. The van der Waals surface area contributed by atoms with Crippen LogP contribution in [0.1, 0.15) is 18.1 Å². The molecule has 124 valence electrons. The van der Waals surface area contributed by atoms with Gasteiger partial charge in [-0.15, -0.1) is 0 Å². The van der Waals surface area contributed by atoms with Crippen LogP contribution in [0.4, 0.5) is 5.69 Å². The Morgan fingerprint density at radius 3 is 2.54 bits per heavy atom. The molecule has 5 heteroatoms. The second-order valence-corrected chi connectivity index (χ2v) is 5.97. The van der Waals surface area contributed by atoms with Gasteiger partial charge in [0.25, 0.3) is 5.91 Å². The van der Waals surface area contributed by atoms with Crippen molar-refractivity contribution in [2.75, 3.05) is 11.9 Å². The molecule has 2 rings (SSSR count). The molecule has 2 aromatic rings. The molecular weight excluding hydrogens is 370 g/mol. The van der Waals surface area contributed by atoms with Crippen LogP contribution in [-0.4, -0.2) is 18.5 Å². The molecule has 0 radical (unpaired) electrons. The van der Waals surface area contributed by atoms with Crippen molar-refractivity contribution in [3.05, 3.63) is 70.2 Å². The van der Waals surface area contributed by atoms with Crippen LogP contribution in [0.3, 0.4) is 0 Å². The normalized spacial score (nSPS) is 10.6. The second kappa shape index (κ2) is 9.03. The van der Waals surface area contributed by atoms with Gasteiger partial charge in [-0.2, -0.15) is 0 Å². The molecule has 0 unspecified atom stereocenters. The number of para-hydroxylation sites is 1. The Bertz CT molecular complexity index is 739. The zero-order valence-electron chi connectivity index (χ0n) is 13.3. The zero-order valence-corrected chi connectivity index (χ0v) is 14.9. The van der Waals surface area contributed by atoms with Crippen LogP contribution in [-0.2, 0) is 20.7 Å². The van der Waals surface area contributed by atoms with E-state index in [1.54, 1.807) is 6.08 Å². The van der Waals surface area contributed by atoms with Crippen LogP contribution < -0.4 is 5.32 Å². The number of anilines is 1. The number of benzene rings is 2. The quantitative estimate of drug-likeness (QED) is 0.596. The maximum atomic E-state index is 11.9.